The molecule has 0 aromatic rings. The van der Waals surface area contributed by atoms with Crippen molar-refractivity contribution in [1.29, 1.82) is 0 Å². The Morgan fingerprint density at radius 3 is 2.08 bits per heavy atom. The number of likely N-dealkylation sites (tertiary alicyclic amines) is 1. The molecule has 0 radical (unpaired) electrons. The molecule has 1 rings (SSSR count). The molecule has 1 saturated heterocycles. The van der Waals surface area contributed by atoms with E-state index in [1.165, 1.54) is 32.4 Å². The first-order chi connectivity index (χ1) is 5.24. The molecule has 0 bridgehead atoms. The van der Waals surface area contributed by atoms with Crippen molar-refractivity contribution in [2.24, 2.45) is 5.92 Å². The second kappa shape index (κ2) is 5.52. The molecule has 0 spiro atoms. The quantitative estimate of drug-likeness (QED) is 0.623. The molecule has 0 unspecified atom stereocenters. The van der Waals surface area contributed by atoms with Gasteiger partial charge >= 0.3 is 0 Å². The zero-order valence-electron chi connectivity index (χ0n) is 8.55. The number of nitrogens with zero attached hydrogens (tertiary/aromatic N) is 1. The van der Waals surface area contributed by atoms with Crippen LogP contribution in [0.1, 0.15) is 40.0 Å². The lowest BCUT2D eigenvalue weighted by atomic mass is 9.94. The van der Waals surface area contributed by atoms with Crippen LogP contribution in [0.4, 0.5) is 4.70 Å². The minimum atomic E-state index is 0. The third kappa shape index (κ3) is 3.10. The van der Waals surface area contributed by atoms with Gasteiger partial charge in [0.15, 0.2) is 0 Å². The standard InChI is InChI=1S/C10H21N.FH/c1-4-10-5-7-11(8-6-10)9(2)3;/h9-10H,4-8H2,1-3H3;1H. The second-order valence-electron chi connectivity index (χ2n) is 3.98. The van der Waals surface area contributed by atoms with E-state index in [4.69, 9.17) is 0 Å². The van der Waals surface area contributed by atoms with Gasteiger partial charge in [0.1, 0.15) is 0 Å². The van der Waals surface area contributed by atoms with Crippen LogP contribution in [0, 0.1) is 5.92 Å². The largest absolute Gasteiger partial charge is 0.301 e. The van der Waals surface area contributed by atoms with E-state index in [0.29, 0.717) is 0 Å². The van der Waals surface area contributed by atoms with Gasteiger partial charge in [-0.15, -0.1) is 0 Å². The van der Waals surface area contributed by atoms with Gasteiger partial charge < -0.3 is 4.90 Å². The molecule has 1 nitrogen and oxygen atoms in total. The van der Waals surface area contributed by atoms with E-state index in [1.54, 1.807) is 0 Å². The van der Waals surface area contributed by atoms with Crippen molar-refractivity contribution in [3.05, 3.63) is 0 Å². The fraction of sp³-hybridized carbons (Fsp3) is 1.00. The van der Waals surface area contributed by atoms with Crippen molar-refractivity contribution in [2.45, 2.75) is 46.1 Å². The van der Waals surface area contributed by atoms with E-state index in [9.17, 15) is 0 Å². The maximum atomic E-state index is 2.59. The highest BCUT2D eigenvalue weighted by molar-refractivity contribution is 4.73. The van der Waals surface area contributed by atoms with Crippen molar-refractivity contribution in [1.82, 2.24) is 4.90 Å². The molecule has 0 atom stereocenters. The highest BCUT2D eigenvalue weighted by atomic mass is 19.0. The number of halogens is 1. The number of piperidine rings is 1. The van der Waals surface area contributed by atoms with Crippen LogP contribution in [0.3, 0.4) is 0 Å². The maximum absolute atomic E-state index is 2.59. The van der Waals surface area contributed by atoms with E-state index in [0.717, 1.165) is 12.0 Å². The van der Waals surface area contributed by atoms with Crippen LogP contribution in [-0.2, 0) is 0 Å². The minimum Gasteiger partial charge on any atom is -0.301 e. The van der Waals surface area contributed by atoms with E-state index < -0.39 is 0 Å². The molecule has 0 N–H and O–H groups in total. The van der Waals surface area contributed by atoms with E-state index in [1.807, 2.05) is 0 Å². The van der Waals surface area contributed by atoms with Crippen LogP contribution in [0.2, 0.25) is 0 Å². The van der Waals surface area contributed by atoms with Crippen LogP contribution in [0.15, 0.2) is 0 Å². The topological polar surface area (TPSA) is 3.24 Å². The second-order valence-corrected chi connectivity index (χ2v) is 3.98. The summed E-state index contributed by atoms with van der Waals surface area (Å²) in [6, 6.07) is 0.757. The third-order valence-electron chi connectivity index (χ3n) is 2.96. The molecule has 1 heterocycles. The molecule has 12 heavy (non-hydrogen) atoms. The lowest BCUT2D eigenvalue weighted by Gasteiger charge is -2.34. The zero-order valence-corrected chi connectivity index (χ0v) is 8.55. The fourth-order valence-electron chi connectivity index (χ4n) is 1.88. The molecule has 0 aromatic heterocycles. The van der Waals surface area contributed by atoms with Crippen molar-refractivity contribution in [3.8, 4) is 0 Å². The summed E-state index contributed by atoms with van der Waals surface area (Å²) in [5.74, 6) is 1.02. The molecule has 2 heteroatoms. The van der Waals surface area contributed by atoms with Gasteiger partial charge in [-0.25, -0.2) is 0 Å². The Morgan fingerprint density at radius 2 is 1.75 bits per heavy atom. The first-order valence-corrected chi connectivity index (χ1v) is 4.98. The lowest BCUT2D eigenvalue weighted by Crippen LogP contribution is -2.38. The minimum absolute atomic E-state index is 0. The summed E-state index contributed by atoms with van der Waals surface area (Å²) in [4.78, 5) is 2.59. The fourth-order valence-corrected chi connectivity index (χ4v) is 1.88. The number of hydrogen-bond acceptors (Lipinski definition) is 1. The van der Waals surface area contributed by atoms with E-state index in [2.05, 4.69) is 25.7 Å². The first kappa shape index (κ1) is 11.9. The molecule has 1 aliphatic heterocycles. The van der Waals surface area contributed by atoms with Crippen LogP contribution < -0.4 is 0 Å². The Labute approximate surface area is 75.5 Å². The SMILES string of the molecule is CCC1CCN(C(C)C)CC1.F. The van der Waals surface area contributed by atoms with Crippen molar-refractivity contribution in [2.75, 3.05) is 13.1 Å². The van der Waals surface area contributed by atoms with Crippen LogP contribution in [0.5, 0.6) is 0 Å². The Morgan fingerprint density at radius 1 is 1.25 bits per heavy atom. The first-order valence-electron chi connectivity index (χ1n) is 4.98. The number of rotatable bonds is 2. The van der Waals surface area contributed by atoms with Gasteiger partial charge in [0.2, 0.25) is 0 Å². The molecular weight excluding hydrogens is 153 g/mol. The van der Waals surface area contributed by atoms with Gasteiger partial charge in [0.05, 0.1) is 0 Å². The molecule has 1 fully saturated rings. The van der Waals surface area contributed by atoms with Crippen molar-refractivity contribution in [3.63, 3.8) is 0 Å². The van der Waals surface area contributed by atoms with E-state index >= 15 is 0 Å². The Balaban J connectivity index is 0.00000121. The summed E-state index contributed by atoms with van der Waals surface area (Å²) in [6.45, 7) is 9.57. The summed E-state index contributed by atoms with van der Waals surface area (Å²) >= 11 is 0. The van der Waals surface area contributed by atoms with Crippen LogP contribution >= 0.6 is 0 Å². The molecule has 0 aliphatic carbocycles. The normalized spacial score (nSPS) is 21.0. The Kier molecular flexibility index (Phi) is 5.47. The Bertz CT molecular complexity index is 106. The van der Waals surface area contributed by atoms with Crippen LogP contribution in [0.25, 0.3) is 0 Å². The summed E-state index contributed by atoms with van der Waals surface area (Å²) in [7, 11) is 0. The molecular formula is C10H22FN. The Hall–Kier alpha value is -0.110. The summed E-state index contributed by atoms with van der Waals surface area (Å²) < 4.78 is 0. The predicted octanol–water partition coefficient (Wildman–Crippen LogP) is 2.67. The summed E-state index contributed by atoms with van der Waals surface area (Å²) in [5, 5.41) is 0. The monoisotopic (exact) mass is 175 g/mol. The average Bonchev–Trinajstić information content (AvgIpc) is 2.05. The van der Waals surface area contributed by atoms with Gasteiger partial charge in [-0.05, 0) is 45.7 Å². The highest BCUT2D eigenvalue weighted by Gasteiger charge is 2.18. The average molecular weight is 175 g/mol. The van der Waals surface area contributed by atoms with Crippen molar-refractivity contribution < 1.29 is 4.70 Å². The zero-order chi connectivity index (χ0) is 8.27. The maximum Gasteiger partial charge on any atom is 0.00385 e. The van der Waals surface area contributed by atoms with Gasteiger partial charge in [0, 0.05) is 6.04 Å². The summed E-state index contributed by atoms with van der Waals surface area (Å²) in [5.41, 5.74) is 0. The summed E-state index contributed by atoms with van der Waals surface area (Å²) in [6.07, 6.45) is 4.23. The third-order valence-corrected chi connectivity index (χ3v) is 2.96. The number of hydrogen-bond donors (Lipinski definition) is 0. The van der Waals surface area contributed by atoms with Gasteiger partial charge in [-0.3, -0.25) is 4.70 Å². The molecule has 0 saturated carbocycles. The molecule has 0 aromatic carbocycles. The van der Waals surface area contributed by atoms with Crippen LogP contribution in [-0.4, -0.2) is 24.0 Å². The molecule has 0 amide bonds. The van der Waals surface area contributed by atoms with Gasteiger partial charge in [-0.2, -0.15) is 0 Å². The predicted molar refractivity (Wildman–Crippen MR) is 52.2 cm³/mol. The van der Waals surface area contributed by atoms with Crippen molar-refractivity contribution >= 4 is 0 Å². The smallest absolute Gasteiger partial charge is 0.00385 e. The molecule has 1 aliphatic rings. The molecule has 74 valence electrons. The highest BCUT2D eigenvalue weighted by Crippen LogP contribution is 2.20. The van der Waals surface area contributed by atoms with Gasteiger partial charge in [0.25, 0.3) is 0 Å². The van der Waals surface area contributed by atoms with E-state index in [-0.39, 0.29) is 4.70 Å². The van der Waals surface area contributed by atoms with Gasteiger partial charge in [-0.1, -0.05) is 13.3 Å². The lowest BCUT2D eigenvalue weighted by molar-refractivity contribution is 0.148.